The summed E-state index contributed by atoms with van der Waals surface area (Å²) in [6.45, 7) is 12.2. The van der Waals surface area contributed by atoms with Crippen LogP contribution in [0, 0.1) is 0 Å². The van der Waals surface area contributed by atoms with Gasteiger partial charge in [0.25, 0.3) is 0 Å². The van der Waals surface area contributed by atoms with Crippen molar-refractivity contribution in [2.45, 2.75) is 58.0 Å². The van der Waals surface area contributed by atoms with Crippen LogP contribution < -0.4 is 5.32 Å². The van der Waals surface area contributed by atoms with Crippen molar-refractivity contribution in [3.63, 3.8) is 0 Å². The molecule has 27 heavy (non-hydrogen) atoms. The van der Waals surface area contributed by atoms with Gasteiger partial charge in [0.1, 0.15) is 0 Å². The Morgan fingerprint density at radius 2 is 1.93 bits per heavy atom. The minimum Gasteiger partial charge on any atom is -0.378 e. The number of amides is 2. The Labute approximate surface area is 163 Å². The fraction of sp³-hybridized carbons (Fsp3) is 0.682. The predicted octanol–water partition coefficient (Wildman–Crippen LogP) is 3.22. The van der Waals surface area contributed by atoms with Gasteiger partial charge in [0.05, 0.1) is 13.2 Å². The number of nitrogens with zero attached hydrogens (tertiary/aromatic N) is 2. The first-order chi connectivity index (χ1) is 12.9. The number of benzene rings is 1. The van der Waals surface area contributed by atoms with Crippen molar-refractivity contribution in [2.24, 2.45) is 0 Å². The summed E-state index contributed by atoms with van der Waals surface area (Å²) < 4.78 is 5.40. The maximum atomic E-state index is 13.0. The van der Waals surface area contributed by atoms with Crippen molar-refractivity contribution in [3.8, 4) is 0 Å². The van der Waals surface area contributed by atoms with E-state index in [-0.39, 0.29) is 11.4 Å². The lowest BCUT2D eigenvalue weighted by Crippen LogP contribution is -2.49. The standard InChI is InChI=1S/C22H33N3O2/c1-22(2,3)17-13-16-6-8-25(21(26)24-9-11-27-12-10-24)15-19(16)18(14-17)20-5-4-7-23-20/h13-14,20,23H,4-12,15H2,1-3H3/t20-/m0/s1. The van der Waals surface area contributed by atoms with Gasteiger partial charge in [-0.3, -0.25) is 0 Å². The van der Waals surface area contributed by atoms with Gasteiger partial charge < -0.3 is 19.9 Å². The summed E-state index contributed by atoms with van der Waals surface area (Å²) in [6, 6.07) is 5.41. The van der Waals surface area contributed by atoms with Crippen LogP contribution in [0.2, 0.25) is 0 Å². The molecule has 0 unspecified atom stereocenters. The zero-order valence-corrected chi connectivity index (χ0v) is 17.0. The van der Waals surface area contributed by atoms with E-state index in [4.69, 9.17) is 4.74 Å². The Morgan fingerprint density at radius 3 is 2.59 bits per heavy atom. The monoisotopic (exact) mass is 371 g/mol. The Hall–Kier alpha value is -1.59. The first-order valence-electron chi connectivity index (χ1n) is 10.4. The molecule has 3 aliphatic heterocycles. The topological polar surface area (TPSA) is 44.8 Å². The second kappa shape index (κ2) is 7.44. The van der Waals surface area contributed by atoms with Gasteiger partial charge in [-0.25, -0.2) is 4.79 Å². The highest BCUT2D eigenvalue weighted by Crippen LogP contribution is 2.36. The van der Waals surface area contributed by atoms with Crippen molar-refractivity contribution < 1.29 is 9.53 Å². The fourth-order valence-corrected chi connectivity index (χ4v) is 4.51. The number of nitrogens with one attached hydrogen (secondary N) is 1. The largest absolute Gasteiger partial charge is 0.378 e. The Morgan fingerprint density at radius 1 is 1.15 bits per heavy atom. The molecule has 0 radical (unpaired) electrons. The van der Waals surface area contributed by atoms with Crippen LogP contribution in [0.1, 0.15) is 61.9 Å². The van der Waals surface area contributed by atoms with Crippen LogP contribution in [0.5, 0.6) is 0 Å². The van der Waals surface area contributed by atoms with Crippen LogP contribution in [0.4, 0.5) is 4.79 Å². The zero-order valence-electron chi connectivity index (χ0n) is 17.0. The van der Waals surface area contributed by atoms with Crippen LogP contribution in [0.3, 0.4) is 0 Å². The molecule has 1 aromatic carbocycles. The number of morpholine rings is 1. The third kappa shape index (κ3) is 3.85. The van der Waals surface area contributed by atoms with Crippen LogP contribution in [0.15, 0.2) is 12.1 Å². The fourth-order valence-electron chi connectivity index (χ4n) is 4.51. The third-order valence-electron chi connectivity index (χ3n) is 6.23. The number of hydrogen-bond donors (Lipinski definition) is 1. The molecular weight excluding hydrogens is 338 g/mol. The predicted molar refractivity (Wildman–Crippen MR) is 107 cm³/mol. The van der Waals surface area contributed by atoms with Crippen molar-refractivity contribution in [3.05, 3.63) is 34.4 Å². The van der Waals surface area contributed by atoms with Gasteiger partial charge in [-0.1, -0.05) is 32.9 Å². The first kappa shape index (κ1) is 18.8. The van der Waals surface area contributed by atoms with Gasteiger partial charge in [-0.2, -0.15) is 0 Å². The molecule has 2 amide bonds. The van der Waals surface area contributed by atoms with Gasteiger partial charge in [0, 0.05) is 32.2 Å². The number of urea groups is 1. The lowest BCUT2D eigenvalue weighted by atomic mass is 9.80. The van der Waals surface area contributed by atoms with E-state index < -0.39 is 0 Å². The smallest absolute Gasteiger partial charge is 0.320 e. The van der Waals surface area contributed by atoms with Gasteiger partial charge in [-0.15, -0.1) is 0 Å². The SMILES string of the molecule is CC(C)(C)c1cc2c(c([C@@H]3CCCN3)c1)CN(C(=O)N1CCOCC1)CC2. The van der Waals surface area contributed by atoms with E-state index >= 15 is 0 Å². The van der Waals surface area contributed by atoms with E-state index in [1.54, 1.807) is 0 Å². The van der Waals surface area contributed by atoms with Gasteiger partial charge in [-0.05, 0) is 53.5 Å². The maximum Gasteiger partial charge on any atom is 0.320 e. The molecule has 0 bridgehead atoms. The van der Waals surface area contributed by atoms with Crippen LogP contribution >= 0.6 is 0 Å². The quantitative estimate of drug-likeness (QED) is 0.824. The molecule has 2 fully saturated rings. The van der Waals surface area contributed by atoms with Crippen LogP contribution in [0.25, 0.3) is 0 Å². The molecule has 0 aromatic heterocycles. The second-order valence-corrected chi connectivity index (χ2v) is 9.16. The molecule has 5 nitrogen and oxygen atoms in total. The molecule has 4 rings (SSSR count). The molecule has 2 saturated heterocycles. The highest BCUT2D eigenvalue weighted by Gasteiger charge is 2.31. The molecule has 0 spiro atoms. The van der Waals surface area contributed by atoms with Crippen molar-refractivity contribution in [2.75, 3.05) is 39.4 Å². The summed E-state index contributed by atoms with van der Waals surface area (Å²) in [6.07, 6.45) is 3.38. The molecule has 3 heterocycles. The third-order valence-corrected chi connectivity index (χ3v) is 6.23. The summed E-state index contributed by atoms with van der Waals surface area (Å²) in [5.74, 6) is 0. The summed E-state index contributed by atoms with van der Waals surface area (Å²) >= 11 is 0. The summed E-state index contributed by atoms with van der Waals surface area (Å²) in [5.41, 5.74) is 5.81. The molecule has 5 heteroatoms. The lowest BCUT2D eigenvalue weighted by molar-refractivity contribution is 0.0421. The number of hydrogen-bond acceptors (Lipinski definition) is 3. The van der Waals surface area contributed by atoms with E-state index in [9.17, 15) is 4.79 Å². The first-order valence-corrected chi connectivity index (χ1v) is 10.4. The molecular formula is C22H33N3O2. The van der Waals surface area contributed by atoms with E-state index in [1.165, 1.54) is 35.1 Å². The molecule has 148 valence electrons. The van der Waals surface area contributed by atoms with Gasteiger partial charge in [0.15, 0.2) is 0 Å². The highest BCUT2D eigenvalue weighted by molar-refractivity contribution is 5.75. The van der Waals surface area contributed by atoms with E-state index in [0.717, 1.165) is 26.1 Å². The van der Waals surface area contributed by atoms with Crippen LogP contribution in [-0.2, 0) is 23.1 Å². The summed E-state index contributed by atoms with van der Waals surface area (Å²) in [5, 5.41) is 3.68. The second-order valence-electron chi connectivity index (χ2n) is 9.16. The number of rotatable bonds is 1. The number of fused-ring (bicyclic) bond motifs is 1. The van der Waals surface area contributed by atoms with Crippen molar-refractivity contribution >= 4 is 6.03 Å². The molecule has 1 aromatic rings. The van der Waals surface area contributed by atoms with Gasteiger partial charge in [0.2, 0.25) is 0 Å². The van der Waals surface area contributed by atoms with Crippen LogP contribution in [-0.4, -0.2) is 55.2 Å². The average molecular weight is 372 g/mol. The van der Waals surface area contributed by atoms with Crippen molar-refractivity contribution in [1.82, 2.24) is 15.1 Å². The molecule has 0 saturated carbocycles. The molecule has 0 aliphatic carbocycles. The minimum absolute atomic E-state index is 0.142. The van der Waals surface area contributed by atoms with E-state index in [1.807, 2.05) is 9.80 Å². The molecule has 1 atom stereocenters. The van der Waals surface area contributed by atoms with E-state index in [2.05, 4.69) is 38.2 Å². The Kier molecular flexibility index (Phi) is 5.17. The lowest BCUT2D eigenvalue weighted by Gasteiger charge is -2.37. The number of carbonyl (C=O) groups is 1. The number of carbonyl (C=O) groups excluding carboxylic acids is 1. The Balaban J connectivity index is 1.64. The number of ether oxygens (including phenoxy) is 1. The minimum atomic E-state index is 0.142. The van der Waals surface area contributed by atoms with Gasteiger partial charge >= 0.3 is 6.03 Å². The van der Waals surface area contributed by atoms with E-state index in [0.29, 0.717) is 32.3 Å². The molecule has 1 N–H and O–H groups in total. The highest BCUT2D eigenvalue weighted by atomic mass is 16.5. The molecule has 3 aliphatic rings. The summed E-state index contributed by atoms with van der Waals surface area (Å²) in [4.78, 5) is 17.0. The maximum absolute atomic E-state index is 13.0. The normalized spacial score (nSPS) is 23.4. The summed E-state index contributed by atoms with van der Waals surface area (Å²) in [7, 11) is 0. The average Bonchev–Trinajstić information content (AvgIpc) is 3.20. The Bertz CT molecular complexity index is 698. The van der Waals surface area contributed by atoms with Crippen molar-refractivity contribution in [1.29, 1.82) is 0 Å². The zero-order chi connectivity index (χ0) is 19.0.